The molecule has 4 rings (SSSR count). The van der Waals surface area contributed by atoms with Crippen LogP contribution in [0.5, 0.6) is 5.75 Å². The van der Waals surface area contributed by atoms with Gasteiger partial charge in [-0.1, -0.05) is 16.9 Å². The number of nitrogen functional groups attached to an aromatic ring is 1. The van der Waals surface area contributed by atoms with Crippen LogP contribution in [-0.2, 0) is 5.75 Å². The van der Waals surface area contributed by atoms with E-state index >= 15 is 0 Å². The summed E-state index contributed by atoms with van der Waals surface area (Å²) in [7, 11) is 1.63. The number of aromatic nitrogens is 4. The lowest BCUT2D eigenvalue weighted by molar-refractivity contribution is 0.391. The molecule has 0 unspecified atom stereocenters. The van der Waals surface area contributed by atoms with Gasteiger partial charge in [0.1, 0.15) is 16.4 Å². The van der Waals surface area contributed by atoms with Crippen molar-refractivity contribution in [1.29, 1.82) is 0 Å². The number of rotatable bonds is 5. The van der Waals surface area contributed by atoms with E-state index in [1.54, 1.807) is 18.4 Å². The highest BCUT2D eigenvalue weighted by Crippen LogP contribution is 2.34. The van der Waals surface area contributed by atoms with E-state index in [1.807, 2.05) is 31.2 Å². The fourth-order valence-corrected chi connectivity index (χ4v) is 4.41. The molecule has 0 radical (unpaired) electrons. The summed E-state index contributed by atoms with van der Waals surface area (Å²) in [6.07, 6.45) is 0. The highest BCUT2D eigenvalue weighted by Gasteiger charge is 2.14. The third-order valence-electron chi connectivity index (χ3n) is 4.18. The van der Waals surface area contributed by atoms with Gasteiger partial charge in [0.15, 0.2) is 5.16 Å². The molecule has 0 saturated carbocycles. The van der Waals surface area contributed by atoms with Crippen LogP contribution in [0.25, 0.3) is 21.6 Å². The number of nitrogens with zero attached hydrogens (tertiary/aromatic N) is 4. The number of anilines is 1. The summed E-state index contributed by atoms with van der Waals surface area (Å²) >= 11 is 3.05. The van der Waals surface area contributed by atoms with Crippen LogP contribution in [0.2, 0.25) is 0 Å². The summed E-state index contributed by atoms with van der Waals surface area (Å²) in [4.78, 5) is 15.6. The van der Waals surface area contributed by atoms with Crippen molar-refractivity contribution in [2.45, 2.75) is 24.8 Å². The lowest BCUT2D eigenvalue weighted by atomic mass is 10.2. The Kier molecular flexibility index (Phi) is 4.71. The first kappa shape index (κ1) is 17.7. The number of ether oxygens (including phenoxy) is 1. The second-order valence-electron chi connectivity index (χ2n) is 5.88. The predicted molar refractivity (Wildman–Crippen MR) is 107 cm³/mol. The van der Waals surface area contributed by atoms with Crippen LogP contribution in [0.1, 0.15) is 16.3 Å². The molecule has 0 spiro atoms. The minimum atomic E-state index is 0.470. The zero-order chi connectivity index (χ0) is 19.0. The van der Waals surface area contributed by atoms with Gasteiger partial charge in [-0.25, -0.2) is 9.97 Å². The normalized spacial score (nSPS) is 11.2. The Morgan fingerprint density at radius 1 is 1.15 bits per heavy atom. The number of thiophene rings is 1. The number of fused-ring (bicyclic) bond motifs is 1. The molecule has 4 aromatic rings. The Morgan fingerprint density at radius 3 is 2.67 bits per heavy atom. The van der Waals surface area contributed by atoms with Gasteiger partial charge in [0.25, 0.3) is 0 Å². The van der Waals surface area contributed by atoms with Crippen LogP contribution in [0.4, 0.5) is 5.82 Å². The molecule has 1 aromatic carbocycles. The minimum Gasteiger partial charge on any atom is -0.497 e. The van der Waals surface area contributed by atoms with E-state index in [2.05, 4.69) is 27.0 Å². The highest BCUT2D eigenvalue weighted by atomic mass is 32.2. The van der Waals surface area contributed by atoms with Gasteiger partial charge in [0, 0.05) is 10.4 Å². The van der Waals surface area contributed by atoms with Crippen molar-refractivity contribution in [3.05, 3.63) is 40.6 Å². The zero-order valence-corrected chi connectivity index (χ0v) is 16.6. The van der Waals surface area contributed by atoms with E-state index in [9.17, 15) is 0 Å². The van der Waals surface area contributed by atoms with E-state index in [-0.39, 0.29) is 0 Å². The number of nitrogens with two attached hydrogens (primary N) is 1. The van der Waals surface area contributed by atoms with E-state index in [4.69, 9.17) is 15.0 Å². The summed E-state index contributed by atoms with van der Waals surface area (Å²) in [5.41, 5.74) is 8.13. The summed E-state index contributed by atoms with van der Waals surface area (Å²) < 4.78 is 10.5. The average Bonchev–Trinajstić information content (AvgIpc) is 3.25. The van der Waals surface area contributed by atoms with Crippen molar-refractivity contribution in [2.75, 3.05) is 12.8 Å². The van der Waals surface area contributed by atoms with Gasteiger partial charge < -0.3 is 15.0 Å². The quantitative estimate of drug-likeness (QED) is 0.393. The molecule has 3 heterocycles. The van der Waals surface area contributed by atoms with Crippen LogP contribution >= 0.6 is 23.1 Å². The lowest BCUT2D eigenvalue weighted by Gasteiger charge is -2.01. The molecular formula is C18H17N5O2S2. The van der Waals surface area contributed by atoms with Crippen LogP contribution in [0.3, 0.4) is 0 Å². The molecule has 9 heteroatoms. The van der Waals surface area contributed by atoms with Gasteiger partial charge in [-0.15, -0.1) is 11.3 Å². The molecule has 138 valence electrons. The molecule has 0 atom stereocenters. The number of hydrogen-bond donors (Lipinski definition) is 1. The first-order valence-electron chi connectivity index (χ1n) is 8.18. The van der Waals surface area contributed by atoms with Crippen molar-refractivity contribution < 1.29 is 9.26 Å². The molecule has 0 aliphatic heterocycles. The van der Waals surface area contributed by atoms with Crippen molar-refractivity contribution in [3.63, 3.8) is 0 Å². The molecule has 0 amide bonds. The maximum atomic E-state index is 6.12. The third-order valence-corrected chi connectivity index (χ3v) is 6.11. The number of hydrogen-bond acceptors (Lipinski definition) is 9. The number of thioether (sulfide) groups is 1. The Balaban J connectivity index is 1.50. The number of aryl methyl sites for hydroxylation is 2. The lowest BCUT2D eigenvalue weighted by Crippen LogP contribution is -1.96. The van der Waals surface area contributed by atoms with Gasteiger partial charge in [-0.2, -0.15) is 4.98 Å². The van der Waals surface area contributed by atoms with Gasteiger partial charge in [-0.3, -0.25) is 0 Å². The highest BCUT2D eigenvalue weighted by molar-refractivity contribution is 7.98. The molecule has 0 saturated heterocycles. The first-order valence-corrected chi connectivity index (χ1v) is 9.98. The smallest absolute Gasteiger partial charge is 0.237 e. The molecule has 7 nitrogen and oxygen atoms in total. The Morgan fingerprint density at radius 2 is 1.93 bits per heavy atom. The predicted octanol–water partition coefficient (Wildman–Crippen LogP) is 4.24. The van der Waals surface area contributed by atoms with Gasteiger partial charge >= 0.3 is 0 Å². The van der Waals surface area contributed by atoms with Crippen LogP contribution in [0.15, 0.2) is 33.9 Å². The minimum absolute atomic E-state index is 0.470. The molecular weight excluding hydrogens is 382 g/mol. The van der Waals surface area contributed by atoms with Gasteiger partial charge in [0.05, 0.1) is 18.2 Å². The van der Waals surface area contributed by atoms with Crippen LogP contribution < -0.4 is 10.5 Å². The fraction of sp³-hybridized carbons (Fsp3) is 0.222. The SMILES string of the molecule is COc1ccc(-c2noc(CSc3nc(N)c4c(C)c(C)sc4n3)n2)cc1. The van der Waals surface area contributed by atoms with E-state index in [1.165, 1.54) is 16.6 Å². The standard InChI is InChI=1S/C18H17N5O2S2/c1-9-10(2)27-17-14(9)15(19)21-18(22-17)26-8-13-20-16(23-25-13)11-4-6-12(24-3)7-5-11/h4-7H,8H2,1-3H3,(H2,19,21,22). The van der Waals surface area contributed by atoms with Crippen molar-refractivity contribution in [3.8, 4) is 17.1 Å². The second-order valence-corrected chi connectivity index (χ2v) is 8.03. The Bertz CT molecular complexity index is 1110. The zero-order valence-electron chi connectivity index (χ0n) is 15.0. The topological polar surface area (TPSA) is 100.0 Å². The average molecular weight is 400 g/mol. The molecule has 27 heavy (non-hydrogen) atoms. The molecule has 2 N–H and O–H groups in total. The summed E-state index contributed by atoms with van der Waals surface area (Å²) in [6.45, 7) is 4.10. The molecule has 0 fully saturated rings. The summed E-state index contributed by atoms with van der Waals surface area (Å²) in [5.74, 6) is 2.80. The second kappa shape index (κ2) is 7.16. The first-order chi connectivity index (χ1) is 13.0. The summed E-state index contributed by atoms with van der Waals surface area (Å²) in [6, 6.07) is 7.49. The van der Waals surface area contributed by atoms with E-state index < -0.39 is 0 Å². The third kappa shape index (κ3) is 3.47. The molecule has 3 aromatic heterocycles. The van der Waals surface area contributed by atoms with Crippen molar-refractivity contribution in [2.24, 2.45) is 0 Å². The van der Waals surface area contributed by atoms with Gasteiger partial charge in [-0.05, 0) is 43.7 Å². The fourth-order valence-electron chi connectivity index (χ4n) is 2.62. The summed E-state index contributed by atoms with van der Waals surface area (Å²) in [5, 5.41) is 5.58. The monoisotopic (exact) mass is 399 g/mol. The molecule has 0 aliphatic rings. The van der Waals surface area contributed by atoms with Crippen LogP contribution in [-0.4, -0.2) is 27.2 Å². The molecule has 0 bridgehead atoms. The maximum Gasteiger partial charge on any atom is 0.237 e. The Hall–Kier alpha value is -2.65. The number of benzene rings is 1. The Labute approximate surface area is 164 Å². The van der Waals surface area contributed by atoms with Crippen LogP contribution in [0, 0.1) is 13.8 Å². The largest absolute Gasteiger partial charge is 0.497 e. The number of methoxy groups -OCH3 is 1. The van der Waals surface area contributed by atoms with Crippen molar-refractivity contribution >= 4 is 39.1 Å². The van der Waals surface area contributed by atoms with Gasteiger partial charge in [0.2, 0.25) is 11.7 Å². The molecule has 0 aliphatic carbocycles. The van der Waals surface area contributed by atoms with E-state index in [0.29, 0.717) is 28.4 Å². The van der Waals surface area contributed by atoms with Crippen molar-refractivity contribution in [1.82, 2.24) is 20.1 Å². The maximum absolute atomic E-state index is 6.12. The van der Waals surface area contributed by atoms with E-state index in [0.717, 1.165) is 27.1 Å².